The fraction of sp³-hybridized carbons (Fsp3) is 0.133. The summed E-state index contributed by atoms with van der Waals surface area (Å²) in [6, 6.07) is 17.0. The standard InChI is InChI=1S/C15H12N2O/c18-15-14(10-11-6-2-1-3-7-11)16-12-8-4-5-9-13(12)17-15/h1-9,14H,10H2. The number of nitrogens with zero attached hydrogens (tertiary/aromatic N) is 2. The zero-order valence-corrected chi connectivity index (χ0v) is 9.78. The predicted molar refractivity (Wildman–Crippen MR) is 67.7 cm³/mol. The fourth-order valence-electron chi connectivity index (χ4n) is 2.05. The van der Waals surface area contributed by atoms with E-state index in [0.29, 0.717) is 11.8 Å². The molecule has 3 heteroatoms. The summed E-state index contributed by atoms with van der Waals surface area (Å²) in [6.45, 7) is 0. The molecule has 18 heavy (non-hydrogen) atoms. The van der Waals surface area contributed by atoms with Crippen LogP contribution in [0.4, 0.5) is 0 Å². The van der Waals surface area contributed by atoms with Gasteiger partial charge in [0.2, 0.25) is 0 Å². The Morgan fingerprint density at radius 3 is 2.33 bits per heavy atom. The molecule has 3 rings (SSSR count). The Kier molecular flexibility index (Phi) is 2.73. The van der Waals surface area contributed by atoms with Crippen LogP contribution in [0.3, 0.4) is 0 Å². The molecule has 0 saturated heterocycles. The van der Waals surface area contributed by atoms with Crippen LogP contribution < -0.4 is 10.7 Å². The molecule has 0 aromatic heterocycles. The molecular weight excluding hydrogens is 224 g/mol. The third kappa shape index (κ3) is 2.07. The maximum absolute atomic E-state index is 11.9. The average Bonchev–Trinajstić information content (AvgIpc) is 2.41. The topological polar surface area (TPSA) is 41.8 Å². The van der Waals surface area contributed by atoms with Crippen molar-refractivity contribution in [2.24, 2.45) is 9.98 Å². The first-order chi connectivity index (χ1) is 8.83. The fourth-order valence-corrected chi connectivity index (χ4v) is 2.05. The molecule has 1 atom stereocenters. The van der Waals surface area contributed by atoms with E-state index in [1.54, 1.807) is 0 Å². The number of benzene rings is 2. The minimum absolute atomic E-state index is 0.155. The summed E-state index contributed by atoms with van der Waals surface area (Å²) >= 11 is 0. The Bertz CT molecular complexity index is 692. The van der Waals surface area contributed by atoms with Crippen LogP contribution in [0.25, 0.3) is 0 Å². The summed E-state index contributed by atoms with van der Waals surface area (Å²) in [7, 11) is 0. The summed E-state index contributed by atoms with van der Waals surface area (Å²) in [5.74, 6) is -0.155. The Labute approximate surface area is 105 Å². The molecule has 0 saturated carbocycles. The van der Waals surface area contributed by atoms with Crippen LogP contribution in [-0.4, -0.2) is 11.9 Å². The van der Waals surface area contributed by atoms with Gasteiger partial charge in [-0.2, -0.15) is 0 Å². The lowest BCUT2D eigenvalue weighted by atomic mass is 10.1. The first-order valence-electron chi connectivity index (χ1n) is 5.92. The first-order valence-corrected chi connectivity index (χ1v) is 5.92. The van der Waals surface area contributed by atoms with E-state index in [4.69, 9.17) is 0 Å². The maximum Gasteiger partial charge on any atom is 0.271 e. The van der Waals surface area contributed by atoms with Gasteiger partial charge < -0.3 is 0 Å². The van der Waals surface area contributed by atoms with Crippen molar-refractivity contribution in [3.63, 3.8) is 0 Å². The number of amides is 1. The molecule has 1 heterocycles. The van der Waals surface area contributed by atoms with E-state index in [-0.39, 0.29) is 11.9 Å². The molecule has 1 aliphatic heterocycles. The molecule has 0 bridgehead atoms. The zero-order chi connectivity index (χ0) is 12.4. The monoisotopic (exact) mass is 236 g/mol. The van der Waals surface area contributed by atoms with Gasteiger partial charge in [-0.15, -0.1) is 0 Å². The highest BCUT2D eigenvalue weighted by molar-refractivity contribution is 5.83. The molecule has 0 aliphatic carbocycles. The predicted octanol–water partition coefficient (Wildman–Crippen LogP) is 1.08. The van der Waals surface area contributed by atoms with Crippen molar-refractivity contribution in [3.8, 4) is 0 Å². The van der Waals surface area contributed by atoms with Crippen molar-refractivity contribution >= 4 is 5.91 Å². The number of para-hydroxylation sites is 2. The number of fused-ring (bicyclic) bond motifs is 1. The van der Waals surface area contributed by atoms with Gasteiger partial charge in [-0.3, -0.25) is 9.79 Å². The van der Waals surface area contributed by atoms with E-state index in [1.807, 2.05) is 54.6 Å². The largest absolute Gasteiger partial charge is 0.271 e. The molecule has 1 amide bonds. The summed E-state index contributed by atoms with van der Waals surface area (Å²) in [5.41, 5.74) is 1.11. The highest BCUT2D eigenvalue weighted by Crippen LogP contribution is 2.07. The first kappa shape index (κ1) is 10.8. The quantitative estimate of drug-likeness (QED) is 0.769. The van der Waals surface area contributed by atoms with Crippen molar-refractivity contribution in [1.29, 1.82) is 0 Å². The Morgan fingerprint density at radius 1 is 0.889 bits per heavy atom. The van der Waals surface area contributed by atoms with E-state index < -0.39 is 0 Å². The molecular formula is C15H12N2O. The number of carbonyl (C=O) groups excluding carboxylic acids is 1. The van der Waals surface area contributed by atoms with Crippen LogP contribution in [0.5, 0.6) is 0 Å². The van der Waals surface area contributed by atoms with Crippen LogP contribution in [0.1, 0.15) is 5.56 Å². The minimum Gasteiger partial charge on any atom is -0.270 e. The second kappa shape index (κ2) is 4.53. The summed E-state index contributed by atoms with van der Waals surface area (Å²) in [5, 5.41) is 1.48. The van der Waals surface area contributed by atoms with Gasteiger partial charge in [-0.1, -0.05) is 42.5 Å². The Hall–Kier alpha value is -2.29. The summed E-state index contributed by atoms with van der Waals surface area (Å²) in [6.07, 6.45) is 0.609. The smallest absolute Gasteiger partial charge is 0.270 e. The normalized spacial score (nSPS) is 17.6. The molecule has 3 nitrogen and oxygen atoms in total. The Balaban J connectivity index is 1.96. The lowest BCUT2D eigenvalue weighted by Gasteiger charge is -2.11. The van der Waals surface area contributed by atoms with Gasteiger partial charge in [0.25, 0.3) is 5.91 Å². The van der Waals surface area contributed by atoms with Crippen molar-refractivity contribution in [1.82, 2.24) is 0 Å². The van der Waals surface area contributed by atoms with Gasteiger partial charge >= 0.3 is 0 Å². The molecule has 88 valence electrons. The maximum atomic E-state index is 11.9. The number of carbonyl (C=O) groups is 1. The van der Waals surface area contributed by atoms with E-state index in [0.717, 1.165) is 10.9 Å². The van der Waals surface area contributed by atoms with E-state index in [9.17, 15) is 4.79 Å². The summed E-state index contributed by atoms with van der Waals surface area (Å²) < 4.78 is 0. The second-order valence-electron chi connectivity index (χ2n) is 4.27. The number of rotatable bonds is 2. The number of hydrogen-bond acceptors (Lipinski definition) is 2. The molecule has 1 aliphatic rings. The van der Waals surface area contributed by atoms with Gasteiger partial charge in [-0.25, -0.2) is 4.99 Å². The van der Waals surface area contributed by atoms with Crippen molar-refractivity contribution in [2.45, 2.75) is 12.5 Å². The van der Waals surface area contributed by atoms with Gasteiger partial charge in [0, 0.05) is 6.42 Å². The van der Waals surface area contributed by atoms with Gasteiger partial charge in [-0.05, 0) is 17.7 Å². The van der Waals surface area contributed by atoms with Crippen LogP contribution in [0.2, 0.25) is 0 Å². The third-order valence-corrected chi connectivity index (χ3v) is 2.96. The molecule has 2 aromatic rings. The van der Waals surface area contributed by atoms with Crippen molar-refractivity contribution in [3.05, 3.63) is 70.9 Å². The highest BCUT2D eigenvalue weighted by atomic mass is 16.1. The van der Waals surface area contributed by atoms with E-state index >= 15 is 0 Å². The van der Waals surface area contributed by atoms with Crippen LogP contribution in [-0.2, 0) is 11.2 Å². The van der Waals surface area contributed by atoms with Gasteiger partial charge in [0.05, 0.1) is 10.7 Å². The Morgan fingerprint density at radius 2 is 1.56 bits per heavy atom. The van der Waals surface area contributed by atoms with Crippen LogP contribution >= 0.6 is 0 Å². The molecule has 0 spiro atoms. The molecule has 0 N–H and O–H groups in total. The lowest BCUT2D eigenvalue weighted by molar-refractivity contribution is -0.119. The highest BCUT2D eigenvalue weighted by Gasteiger charge is 2.19. The van der Waals surface area contributed by atoms with Gasteiger partial charge in [0.1, 0.15) is 6.04 Å². The molecule has 2 aromatic carbocycles. The SMILES string of the molecule is O=C1N=c2ccccc2=NC1Cc1ccccc1. The van der Waals surface area contributed by atoms with E-state index in [2.05, 4.69) is 9.98 Å². The molecule has 0 radical (unpaired) electrons. The molecule has 0 fully saturated rings. The third-order valence-electron chi connectivity index (χ3n) is 2.96. The minimum atomic E-state index is -0.387. The lowest BCUT2D eigenvalue weighted by Crippen LogP contribution is -2.37. The molecule has 1 unspecified atom stereocenters. The van der Waals surface area contributed by atoms with Crippen molar-refractivity contribution in [2.75, 3.05) is 0 Å². The number of hydrogen-bond donors (Lipinski definition) is 0. The average molecular weight is 236 g/mol. The van der Waals surface area contributed by atoms with Crippen LogP contribution in [0.15, 0.2) is 64.6 Å². The van der Waals surface area contributed by atoms with Crippen LogP contribution in [0, 0.1) is 0 Å². The van der Waals surface area contributed by atoms with Gasteiger partial charge in [0.15, 0.2) is 0 Å². The zero-order valence-electron chi connectivity index (χ0n) is 9.78. The second-order valence-corrected chi connectivity index (χ2v) is 4.27. The van der Waals surface area contributed by atoms with Crippen molar-refractivity contribution < 1.29 is 4.79 Å². The van der Waals surface area contributed by atoms with E-state index in [1.165, 1.54) is 0 Å². The summed E-state index contributed by atoms with van der Waals surface area (Å²) in [4.78, 5) is 20.5.